The summed E-state index contributed by atoms with van der Waals surface area (Å²) in [6, 6.07) is 10.2. The Morgan fingerprint density at radius 1 is 1.27 bits per heavy atom. The number of aromatic nitrogens is 1. The maximum Gasteiger partial charge on any atom is 0.270 e. The van der Waals surface area contributed by atoms with Crippen molar-refractivity contribution in [2.75, 3.05) is 19.6 Å². The van der Waals surface area contributed by atoms with Crippen LogP contribution in [-0.4, -0.2) is 57.2 Å². The number of amides is 2. The molecule has 0 spiro atoms. The minimum absolute atomic E-state index is 0.0762. The van der Waals surface area contributed by atoms with Crippen LogP contribution >= 0.6 is 22.9 Å². The van der Waals surface area contributed by atoms with Crippen LogP contribution in [0.15, 0.2) is 41.8 Å². The number of thiophene rings is 1. The summed E-state index contributed by atoms with van der Waals surface area (Å²) < 4.78 is 15.6. The van der Waals surface area contributed by atoms with Crippen molar-refractivity contribution in [1.29, 1.82) is 0 Å². The molecular weight excluding hydrogens is 425 g/mol. The average molecular weight is 448 g/mol. The second kappa shape index (κ2) is 8.40. The fourth-order valence-electron chi connectivity index (χ4n) is 3.99. The molecule has 5 nitrogen and oxygen atoms in total. The third kappa shape index (κ3) is 3.96. The van der Waals surface area contributed by atoms with Crippen LogP contribution in [0.25, 0.3) is 10.2 Å². The average Bonchev–Trinajstić information content (AvgIpc) is 3.29. The molecule has 0 unspecified atom stereocenters. The number of alkyl halides is 1. The summed E-state index contributed by atoms with van der Waals surface area (Å²) in [5.41, 5.74) is 1.38. The molecule has 158 valence electrons. The van der Waals surface area contributed by atoms with Crippen LogP contribution in [-0.2, 0) is 11.3 Å². The Morgan fingerprint density at radius 2 is 2.07 bits per heavy atom. The number of nitrogens with zero attached hydrogens (tertiary/aromatic N) is 3. The maximum atomic E-state index is 13.7. The number of carbonyl (C=O) groups excluding carboxylic acids is 2. The molecule has 0 bridgehead atoms. The van der Waals surface area contributed by atoms with E-state index in [1.807, 2.05) is 35.1 Å². The largest absolute Gasteiger partial charge is 0.335 e. The molecule has 0 saturated carbocycles. The highest BCUT2D eigenvalue weighted by Gasteiger charge is 2.32. The second-order valence-corrected chi connectivity index (χ2v) is 9.22. The van der Waals surface area contributed by atoms with Crippen LogP contribution in [0.1, 0.15) is 29.9 Å². The molecule has 1 fully saturated rings. The molecule has 2 aromatic heterocycles. The Hall–Kier alpha value is -2.38. The molecule has 1 aromatic carbocycles. The van der Waals surface area contributed by atoms with Gasteiger partial charge in [-0.3, -0.25) is 9.59 Å². The molecule has 4 rings (SSSR count). The van der Waals surface area contributed by atoms with E-state index in [9.17, 15) is 14.0 Å². The lowest BCUT2D eigenvalue weighted by Crippen LogP contribution is -2.56. The summed E-state index contributed by atoms with van der Waals surface area (Å²) in [7, 11) is 0. The molecule has 3 heterocycles. The lowest BCUT2D eigenvalue weighted by Gasteiger charge is -2.40. The second-order valence-electron chi connectivity index (χ2n) is 7.67. The van der Waals surface area contributed by atoms with Crippen molar-refractivity contribution >= 4 is 45.0 Å². The van der Waals surface area contributed by atoms with Crippen LogP contribution in [0.3, 0.4) is 0 Å². The zero-order chi connectivity index (χ0) is 21.4. The summed E-state index contributed by atoms with van der Waals surface area (Å²) >= 11 is 7.52. The molecule has 1 saturated heterocycles. The Morgan fingerprint density at radius 3 is 2.77 bits per heavy atom. The van der Waals surface area contributed by atoms with Gasteiger partial charge in [0.1, 0.15) is 21.7 Å². The molecule has 2 amide bonds. The van der Waals surface area contributed by atoms with Gasteiger partial charge in [-0.05, 0) is 49.1 Å². The minimum atomic E-state index is -0.579. The van der Waals surface area contributed by atoms with Gasteiger partial charge in [-0.15, -0.1) is 22.9 Å². The van der Waals surface area contributed by atoms with Gasteiger partial charge >= 0.3 is 0 Å². The van der Waals surface area contributed by atoms with Crippen molar-refractivity contribution in [3.05, 3.63) is 58.9 Å². The Bertz CT molecular complexity index is 1090. The number of hydrogen-bond donors (Lipinski definition) is 0. The van der Waals surface area contributed by atoms with Crippen LogP contribution in [0, 0.1) is 5.82 Å². The molecular formula is C22H23ClFN3O2S. The first-order valence-corrected chi connectivity index (χ1v) is 11.2. The summed E-state index contributed by atoms with van der Waals surface area (Å²) in [4.78, 5) is 30.2. The highest BCUT2D eigenvalue weighted by atomic mass is 35.5. The van der Waals surface area contributed by atoms with Crippen molar-refractivity contribution < 1.29 is 14.0 Å². The molecule has 1 aliphatic heterocycles. The van der Waals surface area contributed by atoms with Crippen LogP contribution < -0.4 is 0 Å². The van der Waals surface area contributed by atoms with Crippen molar-refractivity contribution in [3.63, 3.8) is 0 Å². The highest BCUT2D eigenvalue weighted by Crippen LogP contribution is 2.28. The van der Waals surface area contributed by atoms with Gasteiger partial charge in [0.2, 0.25) is 5.91 Å². The first-order chi connectivity index (χ1) is 14.3. The first-order valence-electron chi connectivity index (χ1n) is 9.90. The first kappa shape index (κ1) is 20.9. The summed E-state index contributed by atoms with van der Waals surface area (Å²) in [6.07, 6.45) is 0. The zero-order valence-electron chi connectivity index (χ0n) is 16.8. The molecule has 1 aliphatic rings. The summed E-state index contributed by atoms with van der Waals surface area (Å²) in [6.45, 7) is 5.38. The van der Waals surface area contributed by atoms with Gasteiger partial charge in [0.15, 0.2) is 0 Å². The summed E-state index contributed by atoms with van der Waals surface area (Å²) in [5, 5.41) is 2.41. The standard InChI is InChI=1S/C22H23ClFN3O2S/c1-14-12-25(7-8-26(14)20(28)15(2)23)21(29)19-11-17-6-9-30-22(17)27(19)13-16-4-3-5-18(24)10-16/h3-6,9-11,14-15H,7-8,12-13H2,1-2H3/t14-,15+/m0/s1. The van der Waals surface area contributed by atoms with Gasteiger partial charge in [-0.25, -0.2) is 4.39 Å². The van der Waals surface area contributed by atoms with E-state index in [-0.39, 0.29) is 23.7 Å². The van der Waals surface area contributed by atoms with Crippen molar-refractivity contribution in [2.24, 2.45) is 0 Å². The smallest absolute Gasteiger partial charge is 0.270 e. The van der Waals surface area contributed by atoms with Gasteiger partial charge in [-0.1, -0.05) is 12.1 Å². The highest BCUT2D eigenvalue weighted by molar-refractivity contribution is 7.16. The van der Waals surface area contributed by atoms with E-state index < -0.39 is 5.38 Å². The fourth-order valence-corrected chi connectivity index (χ4v) is 5.01. The van der Waals surface area contributed by atoms with E-state index in [4.69, 9.17) is 11.6 Å². The fraction of sp³-hybridized carbons (Fsp3) is 0.364. The molecule has 3 aromatic rings. The van der Waals surface area contributed by atoms with Gasteiger partial charge in [0.05, 0.1) is 0 Å². The zero-order valence-corrected chi connectivity index (χ0v) is 18.4. The van der Waals surface area contributed by atoms with Gasteiger partial charge < -0.3 is 14.4 Å². The van der Waals surface area contributed by atoms with E-state index in [2.05, 4.69) is 0 Å². The Balaban J connectivity index is 1.60. The van der Waals surface area contributed by atoms with E-state index in [0.29, 0.717) is 31.9 Å². The normalized spacial score (nSPS) is 18.1. The molecule has 2 atom stereocenters. The number of hydrogen-bond acceptors (Lipinski definition) is 3. The van der Waals surface area contributed by atoms with E-state index >= 15 is 0 Å². The molecule has 0 N–H and O–H groups in total. The molecule has 8 heteroatoms. The van der Waals surface area contributed by atoms with Crippen LogP contribution in [0.4, 0.5) is 4.39 Å². The number of fused-ring (bicyclic) bond motifs is 1. The number of piperazine rings is 1. The quantitative estimate of drug-likeness (QED) is 0.563. The predicted octanol–water partition coefficient (Wildman–Crippen LogP) is 4.19. The molecule has 0 radical (unpaired) electrons. The third-order valence-corrected chi connectivity index (χ3v) is 6.63. The Labute approximate surface area is 183 Å². The number of rotatable bonds is 4. The number of carbonyl (C=O) groups is 2. The van der Waals surface area contributed by atoms with Crippen LogP contribution in [0.5, 0.6) is 0 Å². The summed E-state index contributed by atoms with van der Waals surface area (Å²) in [5.74, 6) is -0.475. The SMILES string of the molecule is C[C@@H](Cl)C(=O)N1CCN(C(=O)c2cc3ccsc3n2Cc2cccc(F)c2)C[C@@H]1C. The van der Waals surface area contributed by atoms with Crippen molar-refractivity contribution in [1.82, 2.24) is 14.4 Å². The topological polar surface area (TPSA) is 45.6 Å². The molecule has 30 heavy (non-hydrogen) atoms. The van der Waals surface area contributed by atoms with Gasteiger partial charge in [0.25, 0.3) is 5.91 Å². The number of halogens is 2. The van der Waals surface area contributed by atoms with Gasteiger partial charge in [0, 0.05) is 37.6 Å². The van der Waals surface area contributed by atoms with Gasteiger partial charge in [-0.2, -0.15) is 0 Å². The molecule has 0 aliphatic carbocycles. The minimum Gasteiger partial charge on any atom is -0.335 e. The van der Waals surface area contributed by atoms with Crippen molar-refractivity contribution in [2.45, 2.75) is 31.8 Å². The van der Waals surface area contributed by atoms with E-state index in [1.165, 1.54) is 12.1 Å². The lowest BCUT2D eigenvalue weighted by atomic mass is 10.1. The number of benzene rings is 1. The Kier molecular flexibility index (Phi) is 5.84. The predicted molar refractivity (Wildman–Crippen MR) is 118 cm³/mol. The third-order valence-electron chi connectivity index (χ3n) is 5.49. The van der Waals surface area contributed by atoms with Crippen molar-refractivity contribution in [3.8, 4) is 0 Å². The van der Waals surface area contributed by atoms with E-state index in [0.717, 1.165) is 15.8 Å². The maximum absolute atomic E-state index is 13.7. The lowest BCUT2D eigenvalue weighted by molar-refractivity contribution is -0.134. The van der Waals surface area contributed by atoms with Crippen LogP contribution in [0.2, 0.25) is 0 Å². The van der Waals surface area contributed by atoms with E-state index in [1.54, 1.807) is 34.1 Å². The monoisotopic (exact) mass is 447 g/mol.